The van der Waals surface area contributed by atoms with E-state index in [0.29, 0.717) is 5.52 Å². The molecule has 2 aromatic heterocycles. The van der Waals surface area contributed by atoms with Gasteiger partial charge < -0.3 is 14.7 Å². The predicted octanol–water partition coefficient (Wildman–Crippen LogP) is 1.87. The molecule has 3 rings (SSSR count). The summed E-state index contributed by atoms with van der Waals surface area (Å²) in [4.78, 5) is 44.4. The lowest BCUT2D eigenvalue weighted by Gasteiger charge is -2.39. The Kier molecular flexibility index (Phi) is 5.09. The number of carbonyl (C=O) groups is 2. The maximum absolute atomic E-state index is 12.2. The Morgan fingerprint density at radius 2 is 2.00 bits per heavy atom. The molecule has 10 nitrogen and oxygen atoms in total. The molecule has 1 aliphatic rings. The quantitative estimate of drug-likeness (QED) is 0.737. The predicted molar refractivity (Wildman–Crippen MR) is 100 cm³/mol. The van der Waals surface area contributed by atoms with Gasteiger partial charge in [0.1, 0.15) is 11.1 Å². The van der Waals surface area contributed by atoms with E-state index in [2.05, 4.69) is 15.1 Å². The zero-order valence-corrected chi connectivity index (χ0v) is 16.6. The number of ether oxygens (including phenoxy) is 1. The second-order valence-electron chi connectivity index (χ2n) is 7.95. The van der Waals surface area contributed by atoms with Crippen LogP contribution in [0.4, 0.5) is 4.79 Å². The normalized spacial score (nSPS) is 16.9. The number of piperidine rings is 1. The van der Waals surface area contributed by atoms with Crippen LogP contribution >= 0.6 is 11.6 Å². The van der Waals surface area contributed by atoms with Crippen molar-refractivity contribution in [3.8, 4) is 0 Å². The van der Waals surface area contributed by atoms with Gasteiger partial charge in [-0.15, -0.1) is 0 Å². The van der Waals surface area contributed by atoms with E-state index in [9.17, 15) is 19.5 Å². The number of carboxylic acid groups (broad SMARTS) is 1. The number of carbonyl (C=O) groups excluding carboxylic acids is 1. The van der Waals surface area contributed by atoms with Gasteiger partial charge in [0.15, 0.2) is 5.52 Å². The highest BCUT2D eigenvalue weighted by atomic mass is 35.5. The van der Waals surface area contributed by atoms with Crippen LogP contribution in [0, 0.1) is 5.41 Å². The maximum atomic E-state index is 12.2. The number of likely N-dealkylation sites (tertiary alicyclic amines) is 1. The first-order chi connectivity index (χ1) is 13.0. The standard InChI is InChI=1S/C17H22ClN5O5/c1-16(2,3)28-15(27)22-6-4-17(5-7-22,13(25)26)9-23-11-10(8-19-23)20-14(18)21-12(11)24/h8H,4-7,9H2,1-3H3,(H,25,26)(H,20,21,24). The lowest BCUT2D eigenvalue weighted by Crippen LogP contribution is -2.49. The van der Waals surface area contributed by atoms with Crippen LogP contribution in [0.3, 0.4) is 0 Å². The second-order valence-corrected chi connectivity index (χ2v) is 8.30. The van der Waals surface area contributed by atoms with Crippen molar-refractivity contribution in [3.05, 3.63) is 21.8 Å². The number of halogens is 1. The van der Waals surface area contributed by atoms with Gasteiger partial charge in [-0.1, -0.05) is 0 Å². The SMILES string of the molecule is CC(C)(C)OC(=O)N1CCC(Cn2ncc3nc(Cl)[nH]c(=O)c32)(C(=O)O)CC1. The van der Waals surface area contributed by atoms with Crippen molar-refractivity contribution >= 4 is 34.7 Å². The van der Waals surface area contributed by atoms with Crippen molar-refractivity contribution in [1.29, 1.82) is 0 Å². The van der Waals surface area contributed by atoms with Crippen molar-refractivity contribution < 1.29 is 19.4 Å². The molecule has 1 aliphatic heterocycles. The first kappa shape index (κ1) is 20.1. The third kappa shape index (κ3) is 3.96. The van der Waals surface area contributed by atoms with Crippen LogP contribution < -0.4 is 5.56 Å². The van der Waals surface area contributed by atoms with Crippen LogP contribution in [0.5, 0.6) is 0 Å². The molecule has 0 saturated carbocycles. The Balaban J connectivity index is 1.81. The summed E-state index contributed by atoms with van der Waals surface area (Å²) >= 11 is 5.75. The number of amides is 1. The minimum Gasteiger partial charge on any atom is -0.481 e. The Morgan fingerprint density at radius 1 is 1.36 bits per heavy atom. The molecule has 0 unspecified atom stereocenters. The fourth-order valence-corrected chi connectivity index (χ4v) is 3.44. The van der Waals surface area contributed by atoms with Crippen LogP contribution in [0.25, 0.3) is 11.0 Å². The Morgan fingerprint density at radius 3 is 2.57 bits per heavy atom. The van der Waals surface area contributed by atoms with E-state index < -0.39 is 28.6 Å². The molecule has 0 atom stereocenters. The molecule has 0 aliphatic carbocycles. The monoisotopic (exact) mass is 411 g/mol. The number of hydrogen-bond acceptors (Lipinski definition) is 6. The summed E-state index contributed by atoms with van der Waals surface area (Å²) in [5.41, 5.74) is -1.81. The number of aliphatic carboxylic acids is 1. The van der Waals surface area contributed by atoms with Crippen LogP contribution in [0.1, 0.15) is 33.6 Å². The molecule has 0 aromatic carbocycles. The smallest absolute Gasteiger partial charge is 0.410 e. The summed E-state index contributed by atoms with van der Waals surface area (Å²) in [6, 6.07) is 0. The number of nitrogens with one attached hydrogen (secondary N) is 1. The van der Waals surface area contributed by atoms with E-state index in [1.807, 2.05) is 0 Å². The summed E-state index contributed by atoms with van der Waals surface area (Å²) in [5, 5.41) is 14.0. The van der Waals surface area contributed by atoms with Crippen molar-refractivity contribution in [2.45, 2.75) is 45.8 Å². The molecular weight excluding hydrogens is 390 g/mol. The topological polar surface area (TPSA) is 130 Å². The van der Waals surface area contributed by atoms with Crippen LogP contribution in [0.2, 0.25) is 5.28 Å². The van der Waals surface area contributed by atoms with Crippen LogP contribution in [-0.2, 0) is 16.1 Å². The molecule has 1 fully saturated rings. The number of fused-ring (bicyclic) bond motifs is 1. The number of nitrogens with zero attached hydrogens (tertiary/aromatic N) is 4. The van der Waals surface area contributed by atoms with E-state index in [1.54, 1.807) is 20.8 Å². The molecule has 11 heteroatoms. The van der Waals surface area contributed by atoms with Crippen molar-refractivity contribution in [1.82, 2.24) is 24.6 Å². The molecule has 1 amide bonds. The largest absolute Gasteiger partial charge is 0.481 e. The molecule has 152 valence electrons. The van der Waals surface area contributed by atoms with E-state index in [1.165, 1.54) is 15.8 Å². The lowest BCUT2D eigenvalue weighted by atomic mass is 9.78. The second kappa shape index (κ2) is 7.08. The highest BCUT2D eigenvalue weighted by molar-refractivity contribution is 6.28. The van der Waals surface area contributed by atoms with Gasteiger partial charge in [0.05, 0.1) is 18.2 Å². The Hall–Kier alpha value is -2.62. The summed E-state index contributed by atoms with van der Waals surface area (Å²) in [5.74, 6) is -1.00. The molecular formula is C17H22ClN5O5. The number of carboxylic acids is 1. The number of hydrogen-bond donors (Lipinski definition) is 2. The van der Waals surface area contributed by atoms with Gasteiger partial charge in [0.2, 0.25) is 5.28 Å². The Bertz CT molecular complexity index is 968. The number of H-pyrrole nitrogens is 1. The number of aromatic nitrogens is 4. The van der Waals surface area contributed by atoms with E-state index in [0.717, 1.165) is 0 Å². The van der Waals surface area contributed by atoms with Crippen LogP contribution in [-0.4, -0.2) is 60.5 Å². The molecule has 3 heterocycles. The minimum absolute atomic E-state index is 0.0135. The molecule has 2 N–H and O–H groups in total. The molecule has 0 bridgehead atoms. The lowest BCUT2D eigenvalue weighted by molar-refractivity contribution is -0.153. The van der Waals surface area contributed by atoms with Gasteiger partial charge in [-0.25, -0.2) is 9.78 Å². The average molecular weight is 412 g/mol. The van der Waals surface area contributed by atoms with E-state index >= 15 is 0 Å². The summed E-state index contributed by atoms with van der Waals surface area (Å²) in [6.07, 6.45) is 1.33. The Labute approximate surface area is 165 Å². The minimum atomic E-state index is -1.16. The van der Waals surface area contributed by atoms with Crippen molar-refractivity contribution in [2.24, 2.45) is 5.41 Å². The van der Waals surface area contributed by atoms with E-state index in [-0.39, 0.29) is 43.3 Å². The highest BCUT2D eigenvalue weighted by Crippen LogP contribution is 2.34. The van der Waals surface area contributed by atoms with Gasteiger partial charge in [-0.3, -0.25) is 19.3 Å². The molecule has 0 spiro atoms. The molecule has 2 aromatic rings. The maximum Gasteiger partial charge on any atom is 0.410 e. The first-order valence-electron chi connectivity index (χ1n) is 8.83. The molecule has 1 saturated heterocycles. The highest BCUT2D eigenvalue weighted by Gasteiger charge is 2.44. The summed E-state index contributed by atoms with van der Waals surface area (Å²) < 4.78 is 6.69. The third-order valence-corrected chi connectivity index (χ3v) is 4.93. The number of rotatable bonds is 3. The van der Waals surface area contributed by atoms with Gasteiger partial charge >= 0.3 is 12.1 Å². The third-order valence-electron chi connectivity index (χ3n) is 4.75. The van der Waals surface area contributed by atoms with Gasteiger partial charge in [0, 0.05) is 13.1 Å². The fourth-order valence-electron chi connectivity index (χ4n) is 3.27. The van der Waals surface area contributed by atoms with Crippen LogP contribution in [0.15, 0.2) is 11.0 Å². The van der Waals surface area contributed by atoms with E-state index in [4.69, 9.17) is 16.3 Å². The summed E-state index contributed by atoms with van der Waals surface area (Å²) in [6.45, 7) is 5.78. The summed E-state index contributed by atoms with van der Waals surface area (Å²) in [7, 11) is 0. The van der Waals surface area contributed by atoms with Crippen molar-refractivity contribution in [2.75, 3.05) is 13.1 Å². The fraction of sp³-hybridized carbons (Fsp3) is 0.588. The van der Waals surface area contributed by atoms with Gasteiger partial charge in [0.25, 0.3) is 5.56 Å². The molecule has 0 radical (unpaired) electrons. The zero-order valence-electron chi connectivity index (χ0n) is 15.9. The van der Waals surface area contributed by atoms with Gasteiger partial charge in [-0.2, -0.15) is 5.10 Å². The molecule has 28 heavy (non-hydrogen) atoms. The zero-order chi connectivity index (χ0) is 20.7. The first-order valence-corrected chi connectivity index (χ1v) is 9.21. The average Bonchev–Trinajstić information content (AvgIpc) is 2.96. The number of aromatic amines is 1. The van der Waals surface area contributed by atoms with Gasteiger partial charge in [-0.05, 0) is 45.2 Å². The van der Waals surface area contributed by atoms with Crippen molar-refractivity contribution in [3.63, 3.8) is 0 Å².